The van der Waals surface area contributed by atoms with Crippen LogP contribution in [-0.2, 0) is 42.8 Å². The number of carbonyl (C=O) groups is 3. The third-order valence-electron chi connectivity index (χ3n) is 7.67. The molecule has 0 spiro atoms. The molecule has 0 bridgehead atoms. The van der Waals surface area contributed by atoms with Gasteiger partial charge in [-0.1, -0.05) is 0 Å². The Balaban J connectivity index is 1.65. The zero-order chi connectivity index (χ0) is 34.7. The molecule has 0 radical (unpaired) electrons. The van der Waals surface area contributed by atoms with Gasteiger partial charge in [-0.2, -0.15) is 0 Å². The summed E-state index contributed by atoms with van der Waals surface area (Å²) in [6, 6.07) is 0. The van der Waals surface area contributed by atoms with E-state index in [-0.39, 0.29) is 0 Å². The highest BCUT2D eigenvalue weighted by molar-refractivity contribution is 5.88. The van der Waals surface area contributed by atoms with E-state index < -0.39 is 148 Å². The highest BCUT2D eigenvalue weighted by Crippen LogP contribution is 2.36. The number of aliphatic hydroxyl groups is 11. The number of esters is 1. The van der Waals surface area contributed by atoms with E-state index in [0.717, 1.165) is 0 Å². The van der Waals surface area contributed by atoms with Gasteiger partial charge in [-0.05, 0) is 0 Å². The monoisotopic (exact) mass is 678 g/mol. The Morgan fingerprint density at radius 1 is 0.696 bits per heavy atom. The first-order valence-corrected chi connectivity index (χ1v) is 13.7. The summed E-state index contributed by atoms with van der Waals surface area (Å²) in [6.07, 6.45) is -26.9. The molecular weight excluding hydrogens is 640 g/mol. The van der Waals surface area contributed by atoms with Crippen LogP contribution in [0.1, 0.15) is 12.8 Å². The topological polar surface area (TPSA) is 370 Å². The Labute approximate surface area is 258 Å². The first-order valence-electron chi connectivity index (χ1n) is 13.7. The molecule has 266 valence electrons. The number of carboxylic acids is 2. The van der Waals surface area contributed by atoms with Crippen LogP contribution in [0.2, 0.25) is 0 Å². The Bertz CT molecular complexity index is 1060. The van der Waals surface area contributed by atoms with Crippen LogP contribution in [0.5, 0.6) is 0 Å². The second-order valence-corrected chi connectivity index (χ2v) is 11.0. The van der Waals surface area contributed by atoms with Gasteiger partial charge in [0.1, 0.15) is 80.4 Å². The molecule has 0 aromatic rings. The molecular formula is C24H38O22. The van der Waals surface area contributed by atoms with E-state index in [2.05, 4.69) is 0 Å². The summed E-state index contributed by atoms with van der Waals surface area (Å²) in [6.45, 7) is -3.70. The van der Waals surface area contributed by atoms with Crippen LogP contribution in [-0.4, -0.2) is 202 Å². The molecule has 3 unspecified atom stereocenters. The quantitative estimate of drug-likeness (QED) is 0.0758. The van der Waals surface area contributed by atoms with Crippen molar-refractivity contribution in [1.29, 1.82) is 0 Å². The summed E-state index contributed by atoms with van der Waals surface area (Å²) < 4.78 is 31.4. The fourth-order valence-corrected chi connectivity index (χ4v) is 4.93. The molecule has 46 heavy (non-hydrogen) atoms. The third-order valence-corrected chi connectivity index (χ3v) is 7.67. The van der Waals surface area contributed by atoms with Gasteiger partial charge in [-0.25, -0.2) is 4.79 Å². The van der Waals surface area contributed by atoms with Gasteiger partial charge in [0.2, 0.25) is 5.79 Å². The first kappa shape index (κ1) is 38.2. The van der Waals surface area contributed by atoms with Crippen LogP contribution in [0.4, 0.5) is 0 Å². The van der Waals surface area contributed by atoms with Crippen molar-refractivity contribution in [2.45, 2.75) is 104 Å². The molecule has 0 aromatic heterocycles. The molecule has 0 amide bonds. The minimum atomic E-state index is -3.03. The average molecular weight is 679 g/mol. The van der Waals surface area contributed by atoms with Crippen LogP contribution in [0.25, 0.3) is 0 Å². The smallest absolute Gasteiger partial charge is 0.336 e. The maximum absolute atomic E-state index is 12.1. The lowest BCUT2D eigenvalue weighted by Crippen LogP contribution is -2.63. The minimum absolute atomic E-state index is 0.811. The second kappa shape index (κ2) is 15.3. The van der Waals surface area contributed by atoms with Gasteiger partial charge in [0, 0.05) is 0 Å². The SMILES string of the molecule is O=C(O)CC(O)(CC(=O)OC[C@H]1OC(OC[C@H]2OC(O[C@]3(CO)O[C@H](CO)[C@@H](O)[C@@H]3O)[C@H](O)[C@@H](O)[C@@H]2O)[C@H](O)[C@@H](O)[C@H]1O)C(=O)O. The van der Waals surface area contributed by atoms with Crippen molar-refractivity contribution in [2.24, 2.45) is 0 Å². The molecule has 0 aromatic carbocycles. The van der Waals surface area contributed by atoms with Crippen LogP contribution >= 0.6 is 0 Å². The van der Waals surface area contributed by atoms with E-state index in [4.69, 9.17) is 38.6 Å². The van der Waals surface area contributed by atoms with Gasteiger partial charge in [0.05, 0.1) is 26.1 Å². The summed E-state index contributed by atoms with van der Waals surface area (Å²) >= 11 is 0. The number of hydrogen-bond donors (Lipinski definition) is 13. The zero-order valence-corrected chi connectivity index (χ0v) is 23.7. The van der Waals surface area contributed by atoms with Crippen molar-refractivity contribution < 1.29 is 109 Å². The van der Waals surface area contributed by atoms with Gasteiger partial charge in [0.15, 0.2) is 18.2 Å². The summed E-state index contributed by atoms with van der Waals surface area (Å²) in [5.74, 6) is -7.67. The van der Waals surface area contributed by atoms with E-state index in [1.54, 1.807) is 0 Å². The Hall–Kier alpha value is -2.23. The highest BCUT2D eigenvalue weighted by atomic mass is 16.8. The highest BCUT2D eigenvalue weighted by Gasteiger charge is 2.58. The van der Waals surface area contributed by atoms with Gasteiger partial charge in [-0.15, -0.1) is 0 Å². The summed E-state index contributed by atoms with van der Waals surface area (Å²) in [7, 11) is 0. The van der Waals surface area contributed by atoms with E-state index in [1.807, 2.05) is 0 Å². The van der Waals surface area contributed by atoms with Crippen molar-refractivity contribution >= 4 is 17.9 Å². The van der Waals surface area contributed by atoms with Gasteiger partial charge in [0.25, 0.3) is 0 Å². The molecule has 15 atom stereocenters. The van der Waals surface area contributed by atoms with Gasteiger partial charge < -0.3 is 94.8 Å². The standard InChI is InChI=1S/C24H38O22/c25-3-7-14(32)19(37)24(6-26,45-7)46-21-18(36)16(34)13(31)9(44-21)5-42-20-17(35)15(33)12(30)8(43-20)4-41-11(29)2-23(40,22(38)39)1-10(27)28/h7-9,12-21,25-26,30-37,40H,1-6H2,(H,27,28)(H,38,39)/t7-,8-,9-,12+,13-,14-,15+,16+,17-,18-,19+,20?,21?,23?,24+/m1/s1. The number of hydrogen-bond acceptors (Lipinski definition) is 20. The van der Waals surface area contributed by atoms with Crippen LogP contribution < -0.4 is 0 Å². The Kier molecular flexibility index (Phi) is 12.7. The van der Waals surface area contributed by atoms with Crippen LogP contribution in [0.15, 0.2) is 0 Å². The van der Waals surface area contributed by atoms with E-state index in [1.165, 1.54) is 0 Å². The fourth-order valence-electron chi connectivity index (χ4n) is 4.93. The summed E-state index contributed by atoms with van der Waals surface area (Å²) in [5, 5.41) is 129. The average Bonchev–Trinajstić information content (AvgIpc) is 3.24. The Morgan fingerprint density at radius 3 is 1.74 bits per heavy atom. The molecule has 3 aliphatic rings. The minimum Gasteiger partial charge on any atom is -0.481 e. The number of ether oxygens (including phenoxy) is 6. The lowest BCUT2D eigenvalue weighted by atomic mass is 9.96. The molecule has 3 heterocycles. The van der Waals surface area contributed by atoms with E-state index in [0.29, 0.717) is 0 Å². The van der Waals surface area contributed by atoms with Crippen LogP contribution in [0.3, 0.4) is 0 Å². The third kappa shape index (κ3) is 8.07. The molecule has 3 rings (SSSR count). The summed E-state index contributed by atoms with van der Waals surface area (Å²) in [5.41, 5.74) is -3.03. The van der Waals surface area contributed by atoms with Gasteiger partial charge >= 0.3 is 17.9 Å². The molecule has 3 aliphatic heterocycles. The number of carboxylic acid groups (broad SMARTS) is 2. The van der Waals surface area contributed by atoms with Crippen molar-refractivity contribution in [3.63, 3.8) is 0 Å². The maximum atomic E-state index is 12.1. The largest absolute Gasteiger partial charge is 0.481 e. The normalized spacial score (nSPS) is 42.7. The Morgan fingerprint density at radius 2 is 1.24 bits per heavy atom. The second-order valence-electron chi connectivity index (χ2n) is 11.0. The zero-order valence-electron chi connectivity index (χ0n) is 23.7. The molecule has 22 nitrogen and oxygen atoms in total. The number of aliphatic carboxylic acids is 2. The molecule has 0 saturated carbocycles. The van der Waals surface area contributed by atoms with E-state index >= 15 is 0 Å². The first-order chi connectivity index (χ1) is 21.4. The van der Waals surface area contributed by atoms with Gasteiger partial charge in [-0.3, -0.25) is 9.59 Å². The molecule has 13 N–H and O–H groups in total. The number of carbonyl (C=O) groups excluding carboxylic acids is 1. The van der Waals surface area contributed by atoms with Crippen LogP contribution in [0, 0.1) is 0 Å². The molecule has 3 fully saturated rings. The van der Waals surface area contributed by atoms with Crippen molar-refractivity contribution in [3.8, 4) is 0 Å². The number of rotatable bonds is 14. The molecule has 22 heteroatoms. The number of aliphatic hydroxyl groups excluding tert-OH is 10. The lowest BCUT2D eigenvalue weighted by Gasteiger charge is -2.44. The predicted molar refractivity (Wildman–Crippen MR) is 135 cm³/mol. The maximum Gasteiger partial charge on any atom is 0.336 e. The molecule has 3 saturated heterocycles. The van der Waals surface area contributed by atoms with Crippen molar-refractivity contribution in [3.05, 3.63) is 0 Å². The van der Waals surface area contributed by atoms with Crippen molar-refractivity contribution in [1.82, 2.24) is 0 Å². The van der Waals surface area contributed by atoms with E-state index in [9.17, 15) is 70.6 Å². The molecule has 0 aliphatic carbocycles. The summed E-state index contributed by atoms with van der Waals surface area (Å²) in [4.78, 5) is 34.2. The fraction of sp³-hybridized carbons (Fsp3) is 0.875. The predicted octanol–water partition coefficient (Wildman–Crippen LogP) is -8.34. The lowest BCUT2D eigenvalue weighted by molar-refractivity contribution is -0.388. The van der Waals surface area contributed by atoms with Crippen molar-refractivity contribution in [2.75, 3.05) is 26.4 Å².